The lowest BCUT2D eigenvalue weighted by Gasteiger charge is -2.36. The highest BCUT2D eigenvalue weighted by molar-refractivity contribution is 5.85. The fourth-order valence-electron chi connectivity index (χ4n) is 4.96. The third kappa shape index (κ3) is 4.16. The molecule has 1 aliphatic carbocycles. The van der Waals surface area contributed by atoms with E-state index in [-0.39, 0.29) is 0 Å². The number of nitrogens with zero attached hydrogens (tertiary/aromatic N) is 5. The van der Waals surface area contributed by atoms with Gasteiger partial charge in [-0.3, -0.25) is 0 Å². The summed E-state index contributed by atoms with van der Waals surface area (Å²) in [5, 5.41) is 8.09. The van der Waals surface area contributed by atoms with Crippen molar-refractivity contribution in [2.75, 3.05) is 18.4 Å². The Kier molecular flexibility index (Phi) is 5.40. The molecule has 2 unspecified atom stereocenters. The fourth-order valence-corrected chi connectivity index (χ4v) is 4.96. The van der Waals surface area contributed by atoms with Gasteiger partial charge in [-0.1, -0.05) is 42.5 Å². The standard InChI is InChI=1S/C26H28N6O/c1-2-6-19(7-3-1)16-33-23-9-4-8-20(14-23)24-25-26(27-17-29-32(25)18-28-24)30-21-10-11-22(15-21)31-12-5-13-31/h1-4,6-9,14,17-18,21-22H,5,10-13,15-16H2,(H,27,29,30). The van der Waals surface area contributed by atoms with Crippen LogP contribution < -0.4 is 10.1 Å². The lowest BCUT2D eigenvalue weighted by Crippen LogP contribution is -2.44. The molecule has 4 aromatic rings. The Morgan fingerprint density at radius 3 is 2.76 bits per heavy atom. The molecule has 2 fully saturated rings. The molecule has 0 amide bonds. The number of rotatable bonds is 7. The summed E-state index contributed by atoms with van der Waals surface area (Å²) in [6.45, 7) is 3.04. The van der Waals surface area contributed by atoms with Crippen molar-refractivity contribution < 1.29 is 4.74 Å². The van der Waals surface area contributed by atoms with E-state index in [2.05, 4.69) is 43.5 Å². The lowest BCUT2D eigenvalue weighted by molar-refractivity contribution is 0.120. The molecule has 2 atom stereocenters. The van der Waals surface area contributed by atoms with Crippen LogP contribution in [0.1, 0.15) is 31.2 Å². The minimum Gasteiger partial charge on any atom is -0.489 e. The molecule has 0 spiro atoms. The molecule has 7 heteroatoms. The molecule has 1 saturated heterocycles. The summed E-state index contributed by atoms with van der Waals surface area (Å²) in [6, 6.07) is 19.4. The van der Waals surface area contributed by atoms with Gasteiger partial charge in [-0.2, -0.15) is 5.10 Å². The number of likely N-dealkylation sites (tertiary alicyclic amines) is 1. The minimum absolute atomic E-state index is 0.428. The van der Waals surface area contributed by atoms with Crippen molar-refractivity contribution >= 4 is 11.3 Å². The Hall–Kier alpha value is -3.45. The Morgan fingerprint density at radius 2 is 1.91 bits per heavy atom. The normalized spacial score (nSPS) is 20.6. The summed E-state index contributed by atoms with van der Waals surface area (Å²) in [7, 11) is 0. The van der Waals surface area contributed by atoms with E-state index in [4.69, 9.17) is 4.74 Å². The third-order valence-electron chi connectivity index (χ3n) is 6.85. The van der Waals surface area contributed by atoms with Crippen LogP contribution in [0, 0.1) is 0 Å². The quantitative estimate of drug-likeness (QED) is 0.459. The van der Waals surface area contributed by atoms with Crippen LogP contribution in [0.3, 0.4) is 0 Å². The second kappa shape index (κ2) is 8.83. The maximum Gasteiger partial charge on any atom is 0.156 e. The first-order valence-electron chi connectivity index (χ1n) is 11.8. The van der Waals surface area contributed by atoms with Crippen molar-refractivity contribution in [1.29, 1.82) is 0 Å². The van der Waals surface area contributed by atoms with Crippen LogP contribution >= 0.6 is 0 Å². The Bertz CT molecular complexity index is 1240. The highest BCUT2D eigenvalue weighted by atomic mass is 16.5. The lowest BCUT2D eigenvalue weighted by atomic mass is 10.1. The number of benzene rings is 2. The highest BCUT2D eigenvalue weighted by Gasteiger charge is 2.32. The van der Waals surface area contributed by atoms with Crippen molar-refractivity contribution in [2.45, 2.75) is 44.4 Å². The van der Waals surface area contributed by atoms with Crippen LogP contribution in [0.15, 0.2) is 67.3 Å². The van der Waals surface area contributed by atoms with Crippen molar-refractivity contribution in [3.63, 3.8) is 0 Å². The fraction of sp³-hybridized carbons (Fsp3) is 0.346. The van der Waals surface area contributed by atoms with E-state index < -0.39 is 0 Å². The second-order valence-electron chi connectivity index (χ2n) is 8.99. The summed E-state index contributed by atoms with van der Waals surface area (Å²) in [5.74, 6) is 1.67. The van der Waals surface area contributed by atoms with E-state index in [1.165, 1.54) is 38.8 Å². The van der Waals surface area contributed by atoms with Crippen LogP contribution in [0.5, 0.6) is 5.75 Å². The number of aromatic nitrogens is 4. The number of hydrogen-bond acceptors (Lipinski definition) is 6. The first-order valence-corrected chi connectivity index (χ1v) is 11.8. The van der Waals surface area contributed by atoms with Crippen molar-refractivity contribution in [2.24, 2.45) is 0 Å². The van der Waals surface area contributed by atoms with E-state index in [0.29, 0.717) is 18.7 Å². The molecule has 168 valence electrons. The van der Waals surface area contributed by atoms with Gasteiger partial charge in [-0.05, 0) is 56.5 Å². The van der Waals surface area contributed by atoms with E-state index in [0.717, 1.165) is 33.9 Å². The van der Waals surface area contributed by atoms with Crippen molar-refractivity contribution in [3.8, 4) is 17.0 Å². The molecular formula is C26H28N6O. The van der Waals surface area contributed by atoms with Gasteiger partial charge in [0.2, 0.25) is 0 Å². The molecule has 33 heavy (non-hydrogen) atoms. The van der Waals surface area contributed by atoms with Crippen molar-refractivity contribution in [3.05, 3.63) is 72.8 Å². The smallest absolute Gasteiger partial charge is 0.156 e. The van der Waals surface area contributed by atoms with Gasteiger partial charge >= 0.3 is 0 Å². The number of fused-ring (bicyclic) bond motifs is 1. The number of ether oxygens (including phenoxy) is 1. The van der Waals surface area contributed by atoms with Gasteiger partial charge < -0.3 is 15.0 Å². The summed E-state index contributed by atoms with van der Waals surface area (Å²) < 4.78 is 7.85. The largest absolute Gasteiger partial charge is 0.489 e. The molecule has 0 radical (unpaired) electrons. The van der Waals surface area contributed by atoms with Gasteiger partial charge in [-0.15, -0.1) is 0 Å². The van der Waals surface area contributed by atoms with E-state index >= 15 is 0 Å². The van der Waals surface area contributed by atoms with E-state index in [1.807, 2.05) is 40.9 Å². The average molecular weight is 441 g/mol. The third-order valence-corrected chi connectivity index (χ3v) is 6.85. The molecule has 1 aliphatic heterocycles. The maximum absolute atomic E-state index is 6.04. The topological polar surface area (TPSA) is 67.6 Å². The molecule has 2 aromatic heterocycles. The first kappa shape index (κ1) is 20.2. The van der Waals surface area contributed by atoms with Crippen LogP contribution in [0.4, 0.5) is 5.82 Å². The SMILES string of the molecule is c1ccc(COc2cccc(-c3ncn4ncnc(NC5CCC(N6CCC6)C5)c34)c2)cc1. The van der Waals surface area contributed by atoms with Crippen LogP contribution in [-0.2, 0) is 6.61 Å². The van der Waals surface area contributed by atoms with E-state index in [9.17, 15) is 0 Å². The minimum atomic E-state index is 0.428. The zero-order valence-electron chi connectivity index (χ0n) is 18.6. The van der Waals surface area contributed by atoms with Crippen molar-refractivity contribution in [1.82, 2.24) is 24.5 Å². The first-order chi connectivity index (χ1) is 16.3. The zero-order valence-corrected chi connectivity index (χ0v) is 18.6. The predicted molar refractivity (Wildman–Crippen MR) is 128 cm³/mol. The predicted octanol–water partition coefficient (Wildman–Crippen LogP) is 4.41. The molecule has 2 aromatic carbocycles. The molecular weight excluding hydrogens is 412 g/mol. The summed E-state index contributed by atoms with van der Waals surface area (Å²) in [4.78, 5) is 11.9. The zero-order chi connectivity index (χ0) is 22.0. The molecule has 1 N–H and O–H groups in total. The number of imidazole rings is 1. The Morgan fingerprint density at radius 1 is 1.00 bits per heavy atom. The summed E-state index contributed by atoms with van der Waals surface area (Å²) in [6.07, 6.45) is 8.29. The maximum atomic E-state index is 6.04. The Balaban J connectivity index is 1.24. The molecule has 1 saturated carbocycles. The van der Waals surface area contributed by atoms with Gasteiger partial charge in [0.15, 0.2) is 5.82 Å². The molecule has 7 nitrogen and oxygen atoms in total. The van der Waals surface area contributed by atoms with Crippen LogP contribution in [-0.4, -0.2) is 49.7 Å². The molecule has 6 rings (SSSR count). The van der Waals surface area contributed by atoms with Gasteiger partial charge in [0, 0.05) is 17.6 Å². The monoisotopic (exact) mass is 440 g/mol. The van der Waals surface area contributed by atoms with Crippen LogP contribution in [0.2, 0.25) is 0 Å². The average Bonchev–Trinajstić information content (AvgIpc) is 3.45. The highest BCUT2D eigenvalue weighted by Crippen LogP contribution is 2.33. The molecule has 0 bridgehead atoms. The summed E-state index contributed by atoms with van der Waals surface area (Å²) in [5.41, 5.74) is 3.90. The molecule has 2 aliphatic rings. The van der Waals surface area contributed by atoms with Gasteiger partial charge in [-0.25, -0.2) is 14.5 Å². The van der Waals surface area contributed by atoms with Gasteiger partial charge in [0.1, 0.15) is 36.2 Å². The second-order valence-corrected chi connectivity index (χ2v) is 8.99. The molecule has 3 heterocycles. The number of anilines is 1. The number of hydrogen-bond donors (Lipinski definition) is 1. The van der Waals surface area contributed by atoms with Gasteiger partial charge in [0.25, 0.3) is 0 Å². The van der Waals surface area contributed by atoms with Crippen LogP contribution in [0.25, 0.3) is 16.8 Å². The van der Waals surface area contributed by atoms with Gasteiger partial charge in [0.05, 0.1) is 0 Å². The van der Waals surface area contributed by atoms with E-state index in [1.54, 1.807) is 12.7 Å². The summed E-state index contributed by atoms with van der Waals surface area (Å²) >= 11 is 0. The Labute approximate surface area is 193 Å². The number of nitrogens with one attached hydrogen (secondary N) is 1.